The van der Waals surface area contributed by atoms with Gasteiger partial charge in [-0.05, 0) is 63.0 Å². The molecule has 106 valence electrons. The molecule has 0 spiro atoms. The highest BCUT2D eigenvalue weighted by atomic mass is 35.5. The van der Waals surface area contributed by atoms with Crippen molar-refractivity contribution in [2.75, 3.05) is 0 Å². The van der Waals surface area contributed by atoms with Crippen molar-refractivity contribution in [3.63, 3.8) is 0 Å². The summed E-state index contributed by atoms with van der Waals surface area (Å²) in [5.41, 5.74) is 3.68. The van der Waals surface area contributed by atoms with Gasteiger partial charge in [0.25, 0.3) is 0 Å². The fraction of sp³-hybridized carbons (Fsp3) is 0.588. The van der Waals surface area contributed by atoms with Gasteiger partial charge in [-0.25, -0.2) is 4.98 Å². The summed E-state index contributed by atoms with van der Waals surface area (Å²) in [7, 11) is 0. The van der Waals surface area contributed by atoms with Crippen LogP contribution >= 0.6 is 11.6 Å². The van der Waals surface area contributed by atoms with Crippen molar-refractivity contribution in [2.45, 2.75) is 50.9 Å². The number of hydrogen-bond donors (Lipinski definition) is 0. The van der Waals surface area contributed by atoms with Crippen molar-refractivity contribution in [1.29, 1.82) is 0 Å². The fourth-order valence-corrected chi connectivity index (χ4v) is 3.71. The van der Waals surface area contributed by atoms with Gasteiger partial charge in [-0.3, -0.25) is 0 Å². The molecule has 3 heteroatoms. The van der Waals surface area contributed by atoms with Crippen LogP contribution in [0.25, 0.3) is 11.0 Å². The number of fused-ring (bicyclic) bond motifs is 1. The number of halogens is 1. The first-order chi connectivity index (χ1) is 9.66. The maximum absolute atomic E-state index is 6.44. The van der Waals surface area contributed by atoms with Crippen LogP contribution in [0.4, 0.5) is 0 Å². The maximum atomic E-state index is 6.44. The second kappa shape index (κ2) is 4.49. The van der Waals surface area contributed by atoms with Gasteiger partial charge in [0.2, 0.25) is 0 Å². The van der Waals surface area contributed by atoms with E-state index in [4.69, 9.17) is 16.6 Å². The Morgan fingerprint density at radius 1 is 1.20 bits per heavy atom. The van der Waals surface area contributed by atoms with E-state index in [1.54, 1.807) is 0 Å². The Morgan fingerprint density at radius 3 is 2.40 bits per heavy atom. The summed E-state index contributed by atoms with van der Waals surface area (Å²) in [5.74, 6) is 2.78. The van der Waals surface area contributed by atoms with Crippen molar-refractivity contribution in [2.24, 2.45) is 11.8 Å². The number of aromatic nitrogens is 2. The topological polar surface area (TPSA) is 17.8 Å². The summed E-state index contributed by atoms with van der Waals surface area (Å²) in [4.78, 5) is 4.88. The molecule has 0 bridgehead atoms. The van der Waals surface area contributed by atoms with E-state index in [1.807, 2.05) is 6.92 Å². The molecular weight excluding hydrogens is 268 g/mol. The predicted octanol–water partition coefficient (Wildman–Crippen LogP) is 5.01. The molecule has 2 saturated carbocycles. The van der Waals surface area contributed by atoms with Gasteiger partial charge in [-0.15, -0.1) is 11.6 Å². The maximum Gasteiger partial charge on any atom is 0.128 e. The van der Waals surface area contributed by atoms with E-state index in [9.17, 15) is 0 Å². The van der Waals surface area contributed by atoms with E-state index < -0.39 is 0 Å². The molecule has 2 aliphatic carbocycles. The number of nitrogens with zero attached hydrogens (tertiary/aromatic N) is 2. The number of alkyl halides is 1. The van der Waals surface area contributed by atoms with Crippen LogP contribution in [-0.4, -0.2) is 9.55 Å². The molecule has 2 aliphatic rings. The Morgan fingerprint density at radius 2 is 1.85 bits per heavy atom. The van der Waals surface area contributed by atoms with Crippen molar-refractivity contribution in [3.05, 3.63) is 29.6 Å². The van der Waals surface area contributed by atoms with Crippen LogP contribution in [0.3, 0.4) is 0 Å². The van der Waals surface area contributed by atoms with Gasteiger partial charge in [0.15, 0.2) is 0 Å². The van der Waals surface area contributed by atoms with E-state index in [1.165, 1.54) is 36.8 Å². The first-order valence-corrected chi connectivity index (χ1v) is 8.22. The molecule has 2 aromatic rings. The van der Waals surface area contributed by atoms with Crippen LogP contribution < -0.4 is 0 Å². The largest absolute Gasteiger partial charge is 0.323 e. The molecule has 1 aromatic carbocycles. The average molecular weight is 289 g/mol. The second-order valence-corrected chi connectivity index (χ2v) is 7.22. The van der Waals surface area contributed by atoms with Crippen LogP contribution in [0.15, 0.2) is 18.2 Å². The molecule has 1 aromatic heterocycles. The van der Waals surface area contributed by atoms with E-state index in [0.717, 1.165) is 23.2 Å². The Balaban J connectivity index is 1.95. The zero-order chi connectivity index (χ0) is 13.9. The van der Waals surface area contributed by atoms with Crippen LogP contribution in [0, 0.1) is 18.8 Å². The highest BCUT2D eigenvalue weighted by Crippen LogP contribution is 2.53. The highest BCUT2D eigenvalue weighted by Gasteiger charge is 2.44. The monoisotopic (exact) mass is 288 g/mol. The molecule has 0 aliphatic heterocycles. The number of aryl methyl sites for hydroxylation is 1. The highest BCUT2D eigenvalue weighted by molar-refractivity contribution is 6.20. The molecule has 1 atom stereocenters. The summed E-state index contributed by atoms with van der Waals surface area (Å²) in [6.07, 6.45) is 5.51. The Bertz CT molecular complexity index is 638. The quantitative estimate of drug-likeness (QED) is 0.724. The lowest BCUT2D eigenvalue weighted by Crippen LogP contribution is -2.16. The molecule has 0 amide bonds. The standard InChI is InChI=1S/C17H21ClN2/c1-10-4-3-5-14-15(10)19-17(11(2)18)20(14)16(12-6-7-12)13-8-9-13/h3-5,11-13,16H,6-9H2,1-2H3. The predicted molar refractivity (Wildman–Crippen MR) is 83.2 cm³/mol. The normalized spacial score (nSPS) is 20.8. The lowest BCUT2D eigenvalue weighted by atomic mass is 10.1. The van der Waals surface area contributed by atoms with Gasteiger partial charge in [0.1, 0.15) is 5.82 Å². The van der Waals surface area contributed by atoms with Gasteiger partial charge in [0, 0.05) is 6.04 Å². The van der Waals surface area contributed by atoms with Gasteiger partial charge >= 0.3 is 0 Å². The third kappa shape index (κ3) is 1.96. The van der Waals surface area contributed by atoms with E-state index >= 15 is 0 Å². The molecule has 0 N–H and O–H groups in total. The summed E-state index contributed by atoms with van der Waals surface area (Å²) in [6, 6.07) is 7.15. The SMILES string of the molecule is Cc1cccc2c1nc(C(C)Cl)n2C(C1CC1)C1CC1. The first kappa shape index (κ1) is 12.7. The second-order valence-electron chi connectivity index (χ2n) is 6.56. The zero-order valence-corrected chi connectivity index (χ0v) is 12.9. The summed E-state index contributed by atoms with van der Waals surface area (Å²) in [6.45, 7) is 4.19. The van der Waals surface area contributed by atoms with Crippen molar-refractivity contribution < 1.29 is 0 Å². The Hall–Kier alpha value is -1.02. The van der Waals surface area contributed by atoms with Crippen LogP contribution in [-0.2, 0) is 0 Å². The lowest BCUT2D eigenvalue weighted by molar-refractivity contribution is 0.392. The van der Waals surface area contributed by atoms with Crippen LogP contribution in [0.5, 0.6) is 0 Å². The Kier molecular flexibility index (Phi) is 2.85. The third-order valence-electron chi connectivity index (χ3n) is 4.81. The molecule has 0 radical (unpaired) electrons. The summed E-state index contributed by atoms with van der Waals surface area (Å²) >= 11 is 6.44. The van der Waals surface area contributed by atoms with Crippen molar-refractivity contribution in [1.82, 2.24) is 9.55 Å². The van der Waals surface area contributed by atoms with Gasteiger partial charge < -0.3 is 4.57 Å². The van der Waals surface area contributed by atoms with Gasteiger partial charge in [0.05, 0.1) is 16.4 Å². The number of benzene rings is 1. The zero-order valence-electron chi connectivity index (χ0n) is 12.1. The fourth-order valence-electron chi connectivity index (χ4n) is 3.55. The summed E-state index contributed by atoms with van der Waals surface area (Å²) < 4.78 is 2.50. The van der Waals surface area contributed by atoms with E-state index in [-0.39, 0.29) is 5.38 Å². The third-order valence-corrected chi connectivity index (χ3v) is 5.01. The van der Waals surface area contributed by atoms with Crippen molar-refractivity contribution >= 4 is 22.6 Å². The number of hydrogen-bond acceptors (Lipinski definition) is 1. The molecule has 4 rings (SSSR count). The van der Waals surface area contributed by atoms with E-state index in [0.29, 0.717) is 6.04 Å². The summed E-state index contributed by atoms with van der Waals surface area (Å²) in [5, 5.41) is -0.0261. The minimum Gasteiger partial charge on any atom is -0.323 e. The smallest absolute Gasteiger partial charge is 0.128 e. The molecular formula is C17H21ClN2. The lowest BCUT2D eigenvalue weighted by Gasteiger charge is -2.22. The minimum absolute atomic E-state index is 0.0261. The van der Waals surface area contributed by atoms with Crippen LogP contribution in [0.2, 0.25) is 0 Å². The Labute approximate surface area is 125 Å². The van der Waals surface area contributed by atoms with Crippen LogP contribution in [0.1, 0.15) is 55.4 Å². The van der Waals surface area contributed by atoms with Gasteiger partial charge in [-0.1, -0.05) is 12.1 Å². The number of imidazole rings is 1. The van der Waals surface area contributed by atoms with Crippen molar-refractivity contribution in [3.8, 4) is 0 Å². The minimum atomic E-state index is -0.0261. The molecule has 1 unspecified atom stereocenters. The molecule has 20 heavy (non-hydrogen) atoms. The average Bonchev–Trinajstić information content (AvgIpc) is 3.29. The number of para-hydroxylation sites is 1. The molecule has 2 nitrogen and oxygen atoms in total. The van der Waals surface area contributed by atoms with Gasteiger partial charge in [-0.2, -0.15) is 0 Å². The van der Waals surface area contributed by atoms with E-state index in [2.05, 4.69) is 29.7 Å². The molecule has 2 fully saturated rings. The molecule has 1 heterocycles. The molecule has 0 saturated heterocycles. The number of rotatable bonds is 4. The first-order valence-electron chi connectivity index (χ1n) is 7.78.